The molecule has 212 valence electrons. The van der Waals surface area contributed by atoms with Gasteiger partial charge in [0, 0.05) is 43.1 Å². The molecule has 1 amide bonds. The first-order chi connectivity index (χ1) is 20.0. The van der Waals surface area contributed by atoms with Crippen molar-refractivity contribution in [3.63, 3.8) is 0 Å². The standard InChI is InChI=1S/C32H36FN7O/c1-21-7-5-8-22-14-17-35-30(29(21)22)40(25-11-6-16-34-20-25)31(41)26-13-12-23(19-27(26)33)37-32-36-18-15-28(38-32)39(2)24-9-3-4-10-24/h5,7-8,12-15,17-19,24-25,34H,3-4,6,9-11,16,20H2,1-2H3,(H,36,37,38)/t25-/m1/s1. The molecule has 0 bridgehead atoms. The van der Waals surface area contributed by atoms with Crippen LogP contribution in [0.5, 0.6) is 0 Å². The van der Waals surface area contributed by atoms with Gasteiger partial charge in [-0.05, 0) is 80.4 Å². The van der Waals surface area contributed by atoms with Crippen LogP contribution in [-0.2, 0) is 0 Å². The van der Waals surface area contributed by atoms with Crippen molar-refractivity contribution >= 4 is 40.0 Å². The maximum Gasteiger partial charge on any atom is 0.262 e. The topological polar surface area (TPSA) is 86.3 Å². The Morgan fingerprint density at radius 1 is 1.00 bits per heavy atom. The normalized spacial score (nSPS) is 17.5. The van der Waals surface area contributed by atoms with Crippen LogP contribution in [0.3, 0.4) is 0 Å². The van der Waals surface area contributed by atoms with E-state index in [4.69, 9.17) is 0 Å². The highest BCUT2D eigenvalue weighted by Gasteiger charge is 2.32. The first kappa shape index (κ1) is 27.1. The van der Waals surface area contributed by atoms with E-state index in [0.29, 0.717) is 30.0 Å². The molecule has 4 aromatic rings. The second-order valence-electron chi connectivity index (χ2n) is 11.1. The van der Waals surface area contributed by atoms with E-state index >= 15 is 4.39 Å². The molecule has 0 spiro atoms. The summed E-state index contributed by atoms with van der Waals surface area (Å²) in [6.45, 7) is 3.54. The number of hydrogen-bond donors (Lipinski definition) is 2. The third-order valence-corrected chi connectivity index (χ3v) is 8.39. The van der Waals surface area contributed by atoms with Crippen molar-refractivity contribution in [2.24, 2.45) is 0 Å². The number of rotatable bonds is 7. The molecule has 2 N–H and O–H groups in total. The number of hydrogen-bond acceptors (Lipinski definition) is 7. The van der Waals surface area contributed by atoms with Crippen LogP contribution in [-0.4, -0.2) is 53.1 Å². The van der Waals surface area contributed by atoms with Gasteiger partial charge in [0.2, 0.25) is 5.95 Å². The molecule has 2 aromatic heterocycles. The minimum absolute atomic E-state index is 0.00384. The van der Waals surface area contributed by atoms with Gasteiger partial charge in [0.1, 0.15) is 17.5 Å². The molecule has 2 fully saturated rings. The van der Waals surface area contributed by atoms with Crippen LogP contribution in [0.1, 0.15) is 54.4 Å². The smallest absolute Gasteiger partial charge is 0.262 e. The van der Waals surface area contributed by atoms with Crippen LogP contribution < -0.4 is 20.4 Å². The molecule has 1 saturated carbocycles. The number of carbonyl (C=O) groups excluding carboxylic acids is 1. The van der Waals surface area contributed by atoms with Gasteiger partial charge in [-0.3, -0.25) is 9.69 Å². The Balaban J connectivity index is 1.29. The second kappa shape index (κ2) is 11.8. The van der Waals surface area contributed by atoms with Crippen LogP contribution in [0, 0.1) is 12.7 Å². The average molecular weight is 554 g/mol. The monoisotopic (exact) mass is 553 g/mol. The lowest BCUT2D eigenvalue weighted by Crippen LogP contribution is -2.49. The largest absolute Gasteiger partial charge is 0.357 e. The van der Waals surface area contributed by atoms with E-state index < -0.39 is 11.7 Å². The number of amides is 1. The van der Waals surface area contributed by atoms with Crippen molar-refractivity contribution in [1.29, 1.82) is 0 Å². The first-order valence-electron chi connectivity index (χ1n) is 14.5. The summed E-state index contributed by atoms with van der Waals surface area (Å²) in [6.07, 6.45) is 9.96. The minimum atomic E-state index is -0.607. The van der Waals surface area contributed by atoms with Crippen molar-refractivity contribution < 1.29 is 9.18 Å². The van der Waals surface area contributed by atoms with E-state index in [1.807, 2.05) is 37.3 Å². The highest BCUT2D eigenvalue weighted by Crippen LogP contribution is 2.32. The molecule has 41 heavy (non-hydrogen) atoms. The Labute approximate surface area is 240 Å². The molecule has 3 heterocycles. The zero-order valence-electron chi connectivity index (χ0n) is 23.6. The molecule has 2 aromatic carbocycles. The second-order valence-corrected chi connectivity index (χ2v) is 11.1. The molecular formula is C32H36FN7O. The maximum absolute atomic E-state index is 15.7. The van der Waals surface area contributed by atoms with Crippen LogP contribution in [0.25, 0.3) is 10.8 Å². The summed E-state index contributed by atoms with van der Waals surface area (Å²) < 4.78 is 15.7. The van der Waals surface area contributed by atoms with E-state index in [0.717, 1.165) is 54.4 Å². The fourth-order valence-electron chi connectivity index (χ4n) is 6.17. The Morgan fingerprint density at radius 2 is 1.80 bits per heavy atom. The van der Waals surface area contributed by atoms with Gasteiger partial charge in [-0.1, -0.05) is 31.0 Å². The van der Waals surface area contributed by atoms with Gasteiger partial charge in [-0.15, -0.1) is 0 Å². The van der Waals surface area contributed by atoms with E-state index in [1.165, 1.54) is 25.0 Å². The summed E-state index contributed by atoms with van der Waals surface area (Å²) in [6, 6.07) is 14.8. The van der Waals surface area contributed by atoms with Gasteiger partial charge in [0.15, 0.2) is 0 Å². The zero-order valence-corrected chi connectivity index (χ0v) is 23.6. The lowest BCUT2D eigenvalue weighted by atomic mass is 10.0. The van der Waals surface area contributed by atoms with Gasteiger partial charge in [-0.2, -0.15) is 4.98 Å². The Kier molecular flexibility index (Phi) is 7.78. The van der Waals surface area contributed by atoms with E-state index in [2.05, 4.69) is 37.5 Å². The van der Waals surface area contributed by atoms with Gasteiger partial charge >= 0.3 is 0 Å². The summed E-state index contributed by atoms with van der Waals surface area (Å²) in [5, 5.41) is 8.42. The van der Waals surface area contributed by atoms with Crippen LogP contribution in [0.4, 0.5) is 27.7 Å². The third-order valence-electron chi connectivity index (χ3n) is 8.39. The van der Waals surface area contributed by atoms with E-state index in [9.17, 15) is 4.79 Å². The molecule has 2 aliphatic rings. The van der Waals surface area contributed by atoms with Crippen molar-refractivity contribution in [1.82, 2.24) is 20.3 Å². The van der Waals surface area contributed by atoms with Gasteiger partial charge in [-0.25, -0.2) is 14.4 Å². The Morgan fingerprint density at radius 3 is 2.59 bits per heavy atom. The number of nitrogens with one attached hydrogen (secondary N) is 2. The fraction of sp³-hybridized carbons (Fsp3) is 0.375. The number of fused-ring (bicyclic) bond motifs is 1. The number of pyridine rings is 1. The molecule has 0 radical (unpaired) electrons. The number of piperidine rings is 1. The van der Waals surface area contributed by atoms with Gasteiger partial charge in [0.05, 0.1) is 11.6 Å². The number of halogens is 1. The van der Waals surface area contributed by atoms with Crippen molar-refractivity contribution in [2.45, 2.75) is 57.5 Å². The van der Waals surface area contributed by atoms with Crippen molar-refractivity contribution in [3.8, 4) is 0 Å². The first-order valence-corrected chi connectivity index (χ1v) is 14.5. The zero-order chi connectivity index (χ0) is 28.3. The molecule has 1 saturated heterocycles. The van der Waals surface area contributed by atoms with Crippen LogP contribution in [0.15, 0.2) is 60.9 Å². The summed E-state index contributed by atoms with van der Waals surface area (Å²) in [5.74, 6) is 0.775. The fourth-order valence-corrected chi connectivity index (χ4v) is 6.17. The molecule has 8 nitrogen and oxygen atoms in total. The SMILES string of the molecule is Cc1cccc2ccnc(N(C(=O)c3ccc(Nc4nccc(N(C)C5CCCC5)n4)cc3F)[C@@H]3CCCNC3)c12. The quantitative estimate of drug-likeness (QED) is 0.291. The summed E-state index contributed by atoms with van der Waals surface area (Å²) >= 11 is 0. The van der Waals surface area contributed by atoms with E-state index in [1.54, 1.807) is 23.4 Å². The molecule has 1 aliphatic carbocycles. The highest BCUT2D eigenvalue weighted by molar-refractivity contribution is 6.11. The van der Waals surface area contributed by atoms with Gasteiger partial charge in [0.25, 0.3) is 5.91 Å². The van der Waals surface area contributed by atoms with Crippen molar-refractivity contribution in [3.05, 3.63) is 77.9 Å². The van der Waals surface area contributed by atoms with Crippen LogP contribution in [0.2, 0.25) is 0 Å². The number of carbonyl (C=O) groups is 1. The predicted octanol–water partition coefficient (Wildman–Crippen LogP) is 5.99. The minimum Gasteiger partial charge on any atom is -0.357 e. The molecule has 1 atom stereocenters. The summed E-state index contributed by atoms with van der Waals surface area (Å²) in [4.78, 5) is 31.6. The highest BCUT2D eigenvalue weighted by atomic mass is 19.1. The van der Waals surface area contributed by atoms with Crippen molar-refractivity contribution in [2.75, 3.05) is 35.3 Å². The Bertz CT molecular complexity index is 1540. The van der Waals surface area contributed by atoms with Gasteiger partial charge < -0.3 is 15.5 Å². The predicted molar refractivity (Wildman–Crippen MR) is 162 cm³/mol. The number of aromatic nitrogens is 3. The molecular weight excluding hydrogens is 517 g/mol. The molecule has 0 unspecified atom stereocenters. The number of aryl methyl sites for hydroxylation is 1. The van der Waals surface area contributed by atoms with E-state index in [-0.39, 0.29) is 11.6 Å². The number of anilines is 4. The Hall–Kier alpha value is -4.11. The average Bonchev–Trinajstić information content (AvgIpc) is 3.53. The lowest BCUT2D eigenvalue weighted by Gasteiger charge is -2.35. The lowest BCUT2D eigenvalue weighted by molar-refractivity contribution is 0.0968. The third kappa shape index (κ3) is 5.59. The molecule has 9 heteroatoms. The molecule has 6 rings (SSSR count). The summed E-state index contributed by atoms with van der Waals surface area (Å²) in [5.41, 5.74) is 1.50. The maximum atomic E-state index is 15.7. The van der Waals surface area contributed by atoms with Crippen LogP contribution >= 0.6 is 0 Å². The number of nitrogens with zero attached hydrogens (tertiary/aromatic N) is 5. The number of benzene rings is 2. The summed E-state index contributed by atoms with van der Waals surface area (Å²) in [7, 11) is 2.06. The molecule has 1 aliphatic heterocycles.